The van der Waals surface area contributed by atoms with Crippen molar-refractivity contribution in [3.05, 3.63) is 59.7 Å². The fraction of sp³-hybridized carbons (Fsp3) is 0.480. The van der Waals surface area contributed by atoms with Crippen molar-refractivity contribution in [1.29, 1.82) is 0 Å². The number of hydrogen-bond acceptors (Lipinski definition) is 4. The Bertz CT molecular complexity index is 841. The number of ether oxygens (including phenoxy) is 1. The standard InChI is InChI=1S/C25H34N4O2/c1-31-24-10-8-23(9-11-24)29-16-12-22(13-17-29)27-25(30)26-18-20-6-2-3-7-21(20)19-28-14-4-5-15-28/h2-3,6-11,22H,4-5,12-19H2,1H3,(H2,26,27,30). The van der Waals surface area contributed by atoms with Gasteiger partial charge in [0.1, 0.15) is 5.75 Å². The maximum absolute atomic E-state index is 12.5. The van der Waals surface area contributed by atoms with Crippen LogP contribution in [0.15, 0.2) is 48.5 Å². The first-order valence-electron chi connectivity index (χ1n) is 11.4. The second-order valence-electron chi connectivity index (χ2n) is 8.54. The van der Waals surface area contributed by atoms with E-state index in [0.717, 1.165) is 38.2 Å². The minimum atomic E-state index is -0.0705. The number of anilines is 1. The summed E-state index contributed by atoms with van der Waals surface area (Å²) in [5.74, 6) is 0.874. The zero-order chi connectivity index (χ0) is 21.5. The summed E-state index contributed by atoms with van der Waals surface area (Å²) in [4.78, 5) is 17.4. The summed E-state index contributed by atoms with van der Waals surface area (Å²) in [5, 5.41) is 6.24. The number of hydrogen-bond donors (Lipinski definition) is 2. The van der Waals surface area contributed by atoms with Crippen molar-refractivity contribution in [3.63, 3.8) is 0 Å². The van der Waals surface area contributed by atoms with Crippen molar-refractivity contribution in [2.45, 2.75) is 44.8 Å². The first kappa shape index (κ1) is 21.5. The largest absolute Gasteiger partial charge is 0.497 e. The van der Waals surface area contributed by atoms with Crippen LogP contribution in [0.25, 0.3) is 0 Å². The van der Waals surface area contributed by atoms with Gasteiger partial charge in [0.05, 0.1) is 7.11 Å². The van der Waals surface area contributed by atoms with Crippen LogP contribution in [0.4, 0.5) is 10.5 Å². The van der Waals surface area contributed by atoms with Gasteiger partial charge in [-0.15, -0.1) is 0 Å². The Kier molecular flexibility index (Phi) is 7.30. The van der Waals surface area contributed by atoms with E-state index >= 15 is 0 Å². The second kappa shape index (κ2) is 10.5. The molecule has 0 atom stereocenters. The molecule has 2 fully saturated rings. The molecule has 2 saturated heterocycles. The van der Waals surface area contributed by atoms with Gasteiger partial charge in [0, 0.05) is 37.9 Å². The zero-order valence-electron chi connectivity index (χ0n) is 18.5. The normalized spacial score (nSPS) is 17.5. The highest BCUT2D eigenvalue weighted by atomic mass is 16.5. The quantitative estimate of drug-likeness (QED) is 0.713. The fourth-order valence-electron chi connectivity index (χ4n) is 4.55. The molecular weight excluding hydrogens is 388 g/mol. The summed E-state index contributed by atoms with van der Waals surface area (Å²) in [5.41, 5.74) is 3.73. The topological polar surface area (TPSA) is 56.8 Å². The third-order valence-corrected chi connectivity index (χ3v) is 6.42. The lowest BCUT2D eigenvalue weighted by molar-refractivity contribution is 0.234. The number of likely N-dealkylation sites (tertiary alicyclic amines) is 1. The fourth-order valence-corrected chi connectivity index (χ4v) is 4.55. The Labute approximate surface area is 185 Å². The molecule has 166 valence electrons. The summed E-state index contributed by atoms with van der Waals surface area (Å²) in [7, 11) is 1.68. The summed E-state index contributed by atoms with van der Waals surface area (Å²) in [6.45, 7) is 5.78. The molecule has 0 aliphatic carbocycles. The van der Waals surface area contributed by atoms with E-state index in [-0.39, 0.29) is 12.1 Å². The van der Waals surface area contributed by atoms with E-state index in [4.69, 9.17) is 4.74 Å². The lowest BCUT2D eigenvalue weighted by Gasteiger charge is -2.34. The number of methoxy groups -OCH3 is 1. The van der Waals surface area contributed by atoms with Gasteiger partial charge in [-0.3, -0.25) is 4.90 Å². The van der Waals surface area contributed by atoms with Gasteiger partial charge in [-0.25, -0.2) is 4.79 Å². The van der Waals surface area contributed by atoms with Crippen LogP contribution in [0.5, 0.6) is 5.75 Å². The van der Waals surface area contributed by atoms with Gasteiger partial charge in [-0.2, -0.15) is 0 Å². The summed E-state index contributed by atoms with van der Waals surface area (Å²) in [6.07, 6.45) is 4.48. The molecule has 2 heterocycles. The van der Waals surface area contributed by atoms with Gasteiger partial charge < -0.3 is 20.3 Å². The third kappa shape index (κ3) is 5.91. The predicted octanol–water partition coefficient (Wildman–Crippen LogP) is 3.76. The van der Waals surface area contributed by atoms with Gasteiger partial charge in [0.2, 0.25) is 0 Å². The predicted molar refractivity (Wildman–Crippen MR) is 125 cm³/mol. The minimum Gasteiger partial charge on any atom is -0.497 e. The molecule has 6 heteroatoms. The highest BCUT2D eigenvalue weighted by Crippen LogP contribution is 2.23. The molecule has 0 aromatic heterocycles. The Morgan fingerprint density at radius 2 is 1.65 bits per heavy atom. The maximum Gasteiger partial charge on any atom is 0.315 e. The van der Waals surface area contributed by atoms with Crippen molar-refractivity contribution in [1.82, 2.24) is 15.5 Å². The SMILES string of the molecule is COc1ccc(N2CCC(NC(=O)NCc3ccccc3CN3CCCC3)CC2)cc1. The van der Waals surface area contributed by atoms with E-state index in [1.165, 1.54) is 42.7 Å². The molecule has 0 radical (unpaired) electrons. The second-order valence-corrected chi connectivity index (χ2v) is 8.54. The van der Waals surface area contributed by atoms with Crippen molar-refractivity contribution in [2.24, 2.45) is 0 Å². The van der Waals surface area contributed by atoms with E-state index in [0.29, 0.717) is 6.54 Å². The molecule has 6 nitrogen and oxygen atoms in total. The lowest BCUT2D eigenvalue weighted by Crippen LogP contribution is -2.47. The van der Waals surface area contributed by atoms with Crippen LogP contribution >= 0.6 is 0 Å². The van der Waals surface area contributed by atoms with E-state index < -0.39 is 0 Å². The first-order valence-corrected chi connectivity index (χ1v) is 11.4. The lowest BCUT2D eigenvalue weighted by atomic mass is 10.0. The number of urea groups is 1. The molecule has 0 unspecified atom stereocenters. The molecule has 2 aromatic carbocycles. The summed E-state index contributed by atoms with van der Waals surface area (Å²) >= 11 is 0. The van der Waals surface area contributed by atoms with E-state index in [1.54, 1.807) is 7.11 Å². The molecule has 4 rings (SSSR count). The zero-order valence-corrected chi connectivity index (χ0v) is 18.5. The molecule has 2 aromatic rings. The van der Waals surface area contributed by atoms with Crippen LogP contribution in [-0.4, -0.2) is 50.3 Å². The molecule has 2 aliphatic heterocycles. The number of piperidine rings is 1. The molecule has 31 heavy (non-hydrogen) atoms. The first-order chi connectivity index (χ1) is 15.2. The molecule has 2 amide bonds. The van der Waals surface area contributed by atoms with E-state index in [9.17, 15) is 4.79 Å². The van der Waals surface area contributed by atoms with Crippen molar-refractivity contribution >= 4 is 11.7 Å². The van der Waals surface area contributed by atoms with Gasteiger partial charge in [0.25, 0.3) is 0 Å². The minimum absolute atomic E-state index is 0.0705. The molecule has 0 bridgehead atoms. The molecule has 0 saturated carbocycles. The van der Waals surface area contributed by atoms with Gasteiger partial charge in [0.15, 0.2) is 0 Å². The number of benzene rings is 2. The number of rotatable bonds is 7. The van der Waals surface area contributed by atoms with Gasteiger partial charge in [-0.1, -0.05) is 24.3 Å². The van der Waals surface area contributed by atoms with Gasteiger partial charge in [-0.05, 0) is 74.2 Å². The Balaban J connectivity index is 1.22. The molecule has 2 N–H and O–H groups in total. The van der Waals surface area contributed by atoms with Crippen molar-refractivity contribution < 1.29 is 9.53 Å². The van der Waals surface area contributed by atoms with Crippen LogP contribution in [-0.2, 0) is 13.1 Å². The van der Waals surface area contributed by atoms with E-state index in [2.05, 4.69) is 56.8 Å². The van der Waals surface area contributed by atoms with Crippen molar-refractivity contribution in [3.8, 4) is 5.75 Å². The van der Waals surface area contributed by atoms with E-state index in [1.807, 2.05) is 12.1 Å². The Morgan fingerprint density at radius 1 is 0.968 bits per heavy atom. The molecule has 0 spiro atoms. The van der Waals surface area contributed by atoms with Crippen molar-refractivity contribution in [2.75, 3.05) is 38.2 Å². The highest BCUT2D eigenvalue weighted by Gasteiger charge is 2.21. The summed E-state index contributed by atoms with van der Waals surface area (Å²) in [6, 6.07) is 16.8. The molecular formula is C25H34N4O2. The highest BCUT2D eigenvalue weighted by molar-refractivity contribution is 5.74. The summed E-state index contributed by atoms with van der Waals surface area (Å²) < 4.78 is 5.24. The number of carbonyl (C=O) groups is 1. The average molecular weight is 423 g/mol. The van der Waals surface area contributed by atoms with Crippen LogP contribution in [0.1, 0.15) is 36.8 Å². The maximum atomic E-state index is 12.5. The average Bonchev–Trinajstić information content (AvgIpc) is 3.32. The van der Waals surface area contributed by atoms with Crippen LogP contribution < -0.4 is 20.3 Å². The third-order valence-electron chi connectivity index (χ3n) is 6.42. The number of amides is 2. The van der Waals surface area contributed by atoms with Crippen LogP contribution in [0, 0.1) is 0 Å². The molecule has 2 aliphatic rings. The number of nitrogens with zero attached hydrogens (tertiary/aromatic N) is 2. The Morgan fingerprint density at radius 3 is 2.32 bits per heavy atom. The smallest absolute Gasteiger partial charge is 0.315 e. The monoisotopic (exact) mass is 422 g/mol. The van der Waals surface area contributed by atoms with Crippen LogP contribution in [0.3, 0.4) is 0 Å². The Hall–Kier alpha value is -2.73. The number of nitrogens with one attached hydrogen (secondary N) is 2. The number of carbonyl (C=O) groups excluding carboxylic acids is 1. The van der Waals surface area contributed by atoms with Gasteiger partial charge >= 0.3 is 6.03 Å². The van der Waals surface area contributed by atoms with Crippen LogP contribution in [0.2, 0.25) is 0 Å².